The van der Waals surface area contributed by atoms with E-state index in [-0.39, 0.29) is 52.3 Å². The number of nitrogens with zero attached hydrogens (tertiary/aromatic N) is 2. The molecule has 2 fully saturated rings. The van der Waals surface area contributed by atoms with Gasteiger partial charge in [0.25, 0.3) is 17.7 Å². The number of methoxy groups -OCH3 is 1. The predicted molar refractivity (Wildman–Crippen MR) is 157 cm³/mol. The highest BCUT2D eigenvalue weighted by molar-refractivity contribution is 6.08. The quantitative estimate of drug-likeness (QED) is 0.245. The first kappa shape index (κ1) is 28.5. The van der Waals surface area contributed by atoms with Gasteiger partial charge in [0.1, 0.15) is 0 Å². The minimum Gasteiger partial charge on any atom is -0.494 e. The molecule has 4 amide bonds. The standard InChI is InChI=1S/C30H33N7O5/c1-31-30(41)25-23(16-24(36-37-25)35-28(39)17-10-11-17)34-22-9-5-8-21(26(22)42-2)29(40)33-20-14-12-18(13-15-20)27(38)32-19-6-3-4-7-19/h5,8-9,12-17,19H,3-4,6-7,10-11H2,1-2H3,(H,31,41)(H,32,38)(H,33,40)(H2,34,35,36,39). The molecule has 2 aliphatic rings. The Hall–Kier alpha value is -5.00. The first-order valence-corrected chi connectivity index (χ1v) is 13.9. The van der Waals surface area contributed by atoms with Gasteiger partial charge in [-0.05, 0) is 62.1 Å². The van der Waals surface area contributed by atoms with Crippen LogP contribution >= 0.6 is 0 Å². The van der Waals surface area contributed by atoms with Gasteiger partial charge in [-0.25, -0.2) is 0 Å². The number of rotatable bonds is 10. The molecule has 1 heterocycles. The molecule has 5 rings (SSSR count). The van der Waals surface area contributed by atoms with Crippen molar-refractivity contribution >= 4 is 46.5 Å². The van der Waals surface area contributed by atoms with Crippen LogP contribution in [-0.2, 0) is 4.79 Å². The maximum atomic E-state index is 13.3. The molecule has 0 bridgehead atoms. The van der Waals surface area contributed by atoms with Crippen molar-refractivity contribution in [3.05, 3.63) is 65.4 Å². The molecular weight excluding hydrogens is 538 g/mol. The Bertz CT molecular complexity index is 1500. The molecule has 0 spiro atoms. The third kappa shape index (κ3) is 6.65. The number of nitrogens with one attached hydrogen (secondary N) is 5. The van der Waals surface area contributed by atoms with Crippen LogP contribution in [0.3, 0.4) is 0 Å². The zero-order chi connectivity index (χ0) is 29.6. The van der Waals surface area contributed by atoms with Crippen LogP contribution in [0.25, 0.3) is 0 Å². The summed E-state index contributed by atoms with van der Waals surface area (Å²) in [5.41, 5.74) is 1.91. The molecular formula is C30H33N7O5. The van der Waals surface area contributed by atoms with Crippen molar-refractivity contribution in [1.29, 1.82) is 0 Å². The smallest absolute Gasteiger partial charge is 0.273 e. The van der Waals surface area contributed by atoms with E-state index in [0.717, 1.165) is 38.5 Å². The Morgan fingerprint density at radius 1 is 0.833 bits per heavy atom. The minimum absolute atomic E-state index is 0.00381. The summed E-state index contributed by atoms with van der Waals surface area (Å²) < 4.78 is 5.60. The summed E-state index contributed by atoms with van der Waals surface area (Å²) in [5, 5.41) is 22.2. The summed E-state index contributed by atoms with van der Waals surface area (Å²) in [5.74, 6) is -0.823. The van der Waals surface area contributed by atoms with Gasteiger partial charge in [-0.3, -0.25) is 19.2 Å². The van der Waals surface area contributed by atoms with Crippen LogP contribution in [0.5, 0.6) is 5.75 Å². The monoisotopic (exact) mass is 571 g/mol. The Labute approximate surface area is 243 Å². The van der Waals surface area contributed by atoms with Crippen molar-refractivity contribution in [2.45, 2.75) is 44.6 Å². The highest BCUT2D eigenvalue weighted by atomic mass is 16.5. The highest BCUT2D eigenvalue weighted by Gasteiger charge is 2.30. The van der Waals surface area contributed by atoms with Crippen LogP contribution in [0, 0.1) is 5.92 Å². The Balaban J connectivity index is 1.33. The fourth-order valence-electron chi connectivity index (χ4n) is 4.83. The van der Waals surface area contributed by atoms with E-state index in [4.69, 9.17) is 4.74 Å². The topological polar surface area (TPSA) is 163 Å². The molecule has 1 aromatic heterocycles. The Morgan fingerprint density at radius 3 is 2.24 bits per heavy atom. The van der Waals surface area contributed by atoms with Gasteiger partial charge in [0.15, 0.2) is 17.3 Å². The lowest BCUT2D eigenvalue weighted by Crippen LogP contribution is -2.32. The number of hydrogen-bond acceptors (Lipinski definition) is 8. The molecule has 12 heteroatoms. The summed E-state index contributed by atoms with van der Waals surface area (Å²) in [6, 6.07) is 13.4. The largest absolute Gasteiger partial charge is 0.494 e. The predicted octanol–water partition coefficient (Wildman–Crippen LogP) is 3.86. The van der Waals surface area contributed by atoms with Gasteiger partial charge in [-0.1, -0.05) is 18.9 Å². The van der Waals surface area contributed by atoms with Gasteiger partial charge in [-0.15, -0.1) is 10.2 Å². The molecule has 218 valence electrons. The maximum Gasteiger partial charge on any atom is 0.273 e. The number of ether oxygens (including phenoxy) is 1. The van der Waals surface area contributed by atoms with E-state index < -0.39 is 11.8 Å². The second-order valence-electron chi connectivity index (χ2n) is 10.3. The van der Waals surface area contributed by atoms with Gasteiger partial charge >= 0.3 is 0 Å². The number of hydrogen-bond donors (Lipinski definition) is 5. The van der Waals surface area contributed by atoms with Crippen molar-refractivity contribution in [3.63, 3.8) is 0 Å². The molecule has 3 aromatic rings. The molecule has 2 saturated carbocycles. The number of carbonyl (C=O) groups is 4. The van der Waals surface area contributed by atoms with Crippen LogP contribution in [0.15, 0.2) is 48.5 Å². The molecule has 42 heavy (non-hydrogen) atoms. The first-order chi connectivity index (χ1) is 20.4. The zero-order valence-corrected chi connectivity index (χ0v) is 23.5. The third-order valence-electron chi connectivity index (χ3n) is 7.26. The number of aromatic nitrogens is 2. The van der Waals surface area contributed by atoms with Gasteiger partial charge in [0.2, 0.25) is 5.91 Å². The fraction of sp³-hybridized carbons (Fsp3) is 0.333. The fourth-order valence-corrected chi connectivity index (χ4v) is 4.83. The summed E-state index contributed by atoms with van der Waals surface area (Å²) in [6.45, 7) is 0. The van der Waals surface area contributed by atoms with Crippen molar-refractivity contribution < 1.29 is 23.9 Å². The molecule has 0 atom stereocenters. The maximum absolute atomic E-state index is 13.3. The van der Waals surface area contributed by atoms with E-state index in [1.54, 1.807) is 42.5 Å². The van der Waals surface area contributed by atoms with Crippen LogP contribution < -0.4 is 31.3 Å². The molecule has 2 aliphatic carbocycles. The lowest BCUT2D eigenvalue weighted by Gasteiger charge is -2.17. The third-order valence-corrected chi connectivity index (χ3v) is 7.26. The molecule has 0 radical (unpaired) electrons. The normalized spacial score (nSPS) is 14.5. The van der Waals surface area contributed by atoms with Gasteiger partial charge < -0.3 is 31.3 Å². The highest BCUT2D eigenvalue weighted by Crippen LogP contribution is 2.34. The Kier molecular flexibility index (Phi) is 8.60. The number of amides is 4. The molecule has 5 N–H and O–H groups in total. The number of anilines is 4. The summed E-state index contributed by atoms with van der Waals surface area (Å²) in [6.07, 6.45) is 5.91. The van der Waals surface area contributed by atoms with E-state index in [1.165, 1.54) is 20.2 Å². The molecule has 12 nitrogen and oxygen atoms in total. The molecule has 0 aliphatic heterocycles. The summed E-state index contributed by atoms with van der Waals surface area (Å²) in [7, 11) is 2.90. The van der Waals surface area contributed by atoms with Crippen LogP contribution in [0.1, 0.15) is 69.7 Å². The number of benzene rings is 2. The van der Waals surface area contributed by atoms with E-state index in [0.29, 0.717) is 16.9 Å². The lowest BCUT2D eigenvalue weighted by molar-refractivity contribution is -0.117. The van der Waals surface area contributed by atoms with E-state index in [9.17, 15) is 19.2 Å². The van der Waals surface area contributed by atoms with E-state index >= 15 is 0 Å². The molecule has 0 saturated heterocycles. The van der Waals surface area contributed by atoms with Crippen molar-refractivity contribution in [2.75, 3.05) is 30.1 Å². The average molecular weight is 572 g/mol. The van der Waals surface area contributed by atoms with E-state index in [2.05, 4.69) is 36.8 Å². The van der Waals surface area contributed by atoms with Gasteiger partial charge in [-0.2, -0.15) is 0 Å². The minimum atomic E-state index is -0.488. The van der Waals surface area contributed by atoms with Gasteiger partial charge in [0, 0.05) is 36.3 Å². The van der Waals surface area contributed by atoms with Crippen molar-refractivity contribution in [2.24, 2.45) is 5.92 Å². The first-order valence-electron chi connectivity index (χ1n) is 13.9. The van der Waals surface area contributed by atoms with Crippen LogP contribution in [0.4, 0.5) is 22.9 Å². The lowest BCUT2D eigenvalue weighted by atomic mass is 10.1. The summed E-state index contributed by atoms with van der Waals surface area (Å²) >= 11 is 0. The molecule has 0 unspecified atom stereocenters. The second kappa shape index (κ2) is 12.7. The molecule has 2 aromatic carbocycles. The van der Waals surface area contributed by atoms with Crippen LogP contribution in [-0.4, -0.2) is 54.0 Å². The SMILES string of the molecule is CNC(=O)c1nnc(NC(=O)C2CC2)cc1Nc1cccc(C(=O)Nc2ccc(C(=O)NC3CCCC3)cc2)c1OC. The zero-order valence-electron chi connectivity index (χ0n) is 23.5. The van der Waals surface area contributed by atoms with E-state index in [1.807, 2.05) is 0 Å². The average Bonchev–Trinajstić information content (AvgIpc) is 3.74. The second-order valence-corrected chi connectivity index (χ2v) is 10.3. The van der Waals surface area contributed by atoms with Gasteiger partial charge in [0.05, 0.1) is 24.0 Å². The van der Waals surface area contributed by atoms with Crippen molar-refractivity contribution in [3.8, 4) is 5.75 Å². The Morgan fingerprint density at radius 2 is 1.57 bits per heavy atom. The summed E-state index contributed by atoms with van der Waals surface area (Å²) in [4.78, 5) is 50.6. The number of para-hydroxylation sites is 1. The van der Waals surface area contributed by atoms with Crippen LogP contribution in [0.2, 0.25) is 0 Å². The number of carbonyl (C=O) groups excluding carboxylic acids is 4. The van der Waals surface area contributed by atoms with Crippen molar-refractivity contribution in [1.82, 2.24) is 20.8 Å².